The Balaban J connectivity index is 2.15. The summed E-state index contributed by atoms with van der Waals surface area (Å²) >= 11 is 0. The van der Waals surface area contributed by atoms with Crippen LogP contribution >= 0.6 is 0 Å². The minimum atomic E-state index is -0.734. The van der Waals surface area contributed by atoms with Gasteiger partial charge in [-0.3, -0.25) is 9.59 Å². The van der Waals surface area contributed by atoms with Crippen LogP contribution in [0.4, 0.5) is 0 Å². The molecule has 2 aromatic rings. The normalized spacial score (nSPS) is 15.9. The van der Waals surface area contributed by atoms with Gasteiger partial charge in [-0.1, -0.05) is 44.2 Å². The summed E-state index contributed by atoms with van der Waals surface area (Å²) in [6.45, 7) is -0.263. The number of primary amides is 1. The molecule has 0 aliphatic heterocycles. The van der Waals surface area contributed by atoms with Crippen molar-refractivity contribution in [3.8, 4) is 0 Å². The lowest BCUT2D eigenvalue weighted by molar-refractivity contribution is 0.0972. The fourth-order valence-electron chi connectivity index (χ4n) is 3.50. The molecule has 1 saturated carbocycles. The molecule has 5 nitrogen and oxygen atoms in total. The Hall–Kier alpha value is -2.14. The minimum Gasteiger partial charge on any atom is -0.450 e. The summed E-state index contributed by atoms with van der Waals surface area (Å²) in [5.74, 6) is -0.403. The van der Waals surface area contributed by atoms with Crippen molar-refractivity contribution in [3.05, 3.63) is 45.3 Å². The van der Waals surface area contributed by atoms with Gasteiger partial charge in [0.25, 0.3) is 5.91 Å². The zero-order valence-corrected chi connectivity index (χ0v) is 13.0. The number of para-hydroxylation sites is 1. The smallest absolute Gasteiger partial charge is 0.284 e. The lowest BCUT2D eigenvalue weighted by Gasteiger charge is -2.21. The molecule has 0 radical (unpaired) electrons. The van der Waals surface area contributed by atoms with Crippen LogP contribution in [0.2, 0.25) is 0 Å². The molecule has 1 aliphatic carbocycles. The second-order valence-electron chi connectivity index (χ2n) is 6.26. The molecule has 5 heteroatoms. The summed E-state index contributed by atoms with van der Waals surface area (Å²) in [5.41, 5.74) is 6.34. The Morgan fingerprint density at radius 1 is 1.26 bits per heavy atom. The van der Waals surface area contributed by atoms with Gasteiger partial charge in [0.2, 0.25) is 0 Å². The van der Waals surface area contributed by atoms with Crippen molar-refractivity contribution in [1.82, 2.24) is 0 Å². The molecule has 1 heterocycles. The average molecular weight is 315 g/mol. The van der Waals surface area contributed by atoms with Crippen LogP contribution in [0.1, 0.15) is 53.8 Å². The molecule has 0 spiro atoms. The highest BCUT2D eigenvalue weighted by atomic mass is 16.3. The summed E-state index contributed by atoms with van der Waals surface area (Å²) < 4.78 is 5.66. The van der Waals surface area contributed by atoms with Crippen LogP contribution in [0, 0.1) is 5.92 Å². The number of carbonyl (C=O) groups excluding carboxylic acids is 1. The first-order valence-corrected chi connectivity index (χ1v) is 8.10. The van der Waals surface area contributed by atoms with Gasteiger partial charge in [-0.15, -0.1) is 0 Å². The van der Waals surface area contributed by atoms with E-state index in [1.165, 1.54) is 6.42 Å². The van der Waals surface area contributed by atoms with Gasteiger partial charge in [0, 0.05) is 11.1 Å². The van der Waals surface area contributed by atoms with Crippen LogP contribution in [-0.2, 0) is 13.0 Å². The number of hydrogen-bond donors (Lipinski definition) is 2. The van der Waals surface area contributed by atoms with Crippen molar-refractivity contribution in [1.29, 1.82) is 0 Å². The van der Waals surface area contributed by atoms with Gasteiger partial charge in [0.05, 0.1) is 12.0 Å². The Morgan fingerprint density at radius 3 is 2.65 bits per heavy atom. The topological polar surface area (TPSA) is 93.5 Å². The maximum Gasteiger partial charge on any atom is 0.284 e. The van der Waals surface area contributed by atoms with E-state index < -0.39 is 5.91 Å². The van der Waals surface area contributed by atoms with Crippen molar-refractivity contribution >= 4 is 16.9 Å². The second kappa shape index (κ2) is 6.54. The van der Waals surface area contributed by atoms with Crippen molar-refractivity contribution in [2.45, 2.75) is 45.1 Å². The number of nitrogens with two attached hydrogens (primary N) is 1. The van der Waals surface area contributed by atoms with E-state index in [-0.39, 0.29) is 23.4 Å². The monoisotopic (exact) mass is 315 g/mol. The highest BCUT2D eigenvalue weighted by molar-refractivity contribution is 5.94. The number of rotatable bonds is 4. The Morgan fingerprint density at radius 2 is 2.00 bits per heavy atom. The van der Waals surface area contributed by atoms with Gasteiger partial charge < -0.3 is 15.3 Å². The standard InChI is InChI=1S/C18H21NO4/c19-18(22)17-14(9-11-5-2-1-3-6-11)15(21)13-8-4-7-12(10-20)16(13)23-17/h4,7-8,11,20H,1-3,5-6,9-10H2,(H2,19,22). The zero-order chi connectivity index (χ0) is 16.4. The number of carbonyl (C=O) groups is 1. The van der Waals surface area contributed by atoms with Gasteiger partial charge in [-0.25, -0.2) is 0 Å². The lowest BCUT2D eigenvalue weighted by Crippen LogP contribution is -2.24. The minimum absolute atomic E-state index is 0.0611. The number of hydrogen-bond acceptors (Lipinski definition) is 4. The van der Waals surface area contributed by atoms with Gasteiger partial charge in [-0.2, -0.15) is 0 Å². The molecule has 23 heavy (non-hydrogen) atoms. The van der Waals surface area contributed by atoms with Crippen molar-refractivity contribution in [3.63, 3.8) is 0 Å². The highest BCUT2D eigenvalue weighted by Gasteiger charge is 2.23. The van der Waals surface area contributed by atoms with Crippen LogP contribution in [0.15, 0.2) is 27.4 Å². The van der Waals surface area contributed by atoms with E-state index in [0.29, 0.717) is 28.9 Å². The molecule has 0 atom stereocenters. The summed E-state index contributed by atoms with van der Waals surface area (Å²) in [5, 5.41) is 9.80. The predicted molar refractivity (Wildman–Crippen MR) is 87.2 cm³/mol. The van der Waals surface area contributed by atoms with Crippen LogP contribution in [-0.4, -0.2) is 11.0 Å². The van der Waals surface area contributed by atoms with E-state index in [2.05, 4.69) is 0 Å². The molecule has 1 aromatic heterocycles. The predicted octanol–water partition coefficient (Wildman–Crippen LogP) is 2.51. The van der Waals surface area contributed by atoms with Gasteiger partial charge in [-0.05, 0) is 18.4 Å². The van der Waals surface area contributed by atoms with E-state index in [9.17, 15) is 14.7 Å². The van der Waals surface area contributed by atoms with Crippen molar-refractivity contribution < 1.29 is 14.3 Å². The summed E-state index contributed by atoms with van der Waals surface area (Å²) in [4.78, 5) is 24.6. The molecule has 1 fully saturated rings. The third kappa shape index (κ3) is 3.01. The first kappa shape index (κ1) is 15.7. The van der Waals surface area contributed by atoms with Crippen LogP contribution in [0.5, 0.6) is 0 Å². The average Bonchev–Trinajstić information content (AvgIpc) is 2.57. The van der Waals surface area contributed by atoms with Crippen LogP contribution in [0.25, 0.3) is 11.0 Å². The molecule has 0 unspecified atom stereocenters. The van der Waals surface area contributed by atoms with Crippen LogP contribution in [0.3, 0.4) is 0 Å². The Kier molecular flexibility index (Phi) is 4.48. The van der Waals surface area contributed by atoms with E-state index >= 15 is 0 Å². The number of benzene rings is 1. The first-order valence-electron chi connectivity index (χ1n) is 8.10. The Labute approximate surface area is 134 Å². The highest BCUT2D eigenvalue weighted by Crippen LogP contribution is 2.28. The molecule has 3 N–H and O–H groups in total. The van der Waals surface area contributed by atoms with E-state index in [0.717, 1.165) is 25.7 Å². The van der Waals surface area contributed by atoms with Gasteiger partial charge in [0.15, 0.2) is 11.2 Å². The van der Waals surface area contributed by atoms with E-state index in [4.69, 9.17) is 10.2 Å². The maximum atomic E-state index is 12.8. The third-order valence-corrected chi connectivity index (χ3v) is 4.71. The lowest BCUT2D eigenvalue weighted by atomic mass is 9.84. The Bertz CT molecular complexity index is 787. The molecule has 1 aliphatic rings. The molecular formula is C18H21NO4. The summed E-state index contributed by atoms with van der Waals surface area (Å²) in [7, 11) is 0. The summed E-state index contributed by atoms with van der Waals surface area (Å²) in [6.07, 6.45) is 6.19. The van der Waals surface area contributed by atoms with Gasteiger partial charge in [0.1, 0.15) is 5.58 Å². The number of aliphatic hydroxyl groups excluding tert-OH is 1. The molecule has 1 aromatic carbocycles. The van der Waals surface area contributed by atoms with E-state index in [1.54, 1.807) is 18.2 Å². The van der Waals surface area contributed by atoms with E-state index in [1.807, 2.05) is 0 Å². The largest absolute Gasteiger partial charge is 0.450 e. The first-order chi connectivity index (χ1) is 11.1. The molecule has 1 amide bonds. The molecular weight excluding hydrogens is 294 g/mol. The number of aliphatic hydroxyl groups is 1. The molecule has 3 rings (SSSR count). The zero-order valence-electron chi connectivity index (χ0n) is 13.0. The quantitative estimate of drug-likeness (QED) is 0.906. The van der Waals surface area contributed by atoms with Crippen LogP contribution < -0.4 is 11.2 Å². The molecule has 122 valence electrons. The fourth-order valence-corrected chi connectivity index (χ4v) is 3.50. The van der Waals surface area contributed by atoms with Crippen molar-refractivity contribution in [2.24, 2.45) is 11.7 Å². The third-order valence-electron chi connectivity index (χ3n) is 4.71. The van der Waals surface area contributed by atoms with Crippen molar-refractivity contribution in [2.75, 3.05) is 0 Å². The maximum absolute atomic E-state index is 12.8. The summed E-state index contributed by atoms with van der Waals surface area (Å²) in [6, 6.07) is 5.03. The molecule has 0 bridgehead atoms. The SMILES string of the molecule is NC(=O)c1oc2c(CO)cccc2c(=O)c1CC1CCCCC1. The molecule has 0 saturated heterocycles. The number of fused-ring (bicyclic) bond motifs is 1. The number of amides is 1. The fraction of sp³-hybridized carbons (Fsp3) is 0.444. The van der Waals surface area contributed by atoms with Gasteiger partial charge >= 0.3 is 0 Å². The second-order valence-corrected chi connectivity index (χ2v) is 6.26.